The van der Waals surface area contributed by atoms with Gasteiger partial charge >= 0.3 is 0 Å². The maximum absolute atomic E-state index is 12.5. The summed E-state index contributed by atoms with van der Waals surface area (Å²) in [6, 6.07) is 11.1. The predicted molar refractivity (Wildman–Crippen MR) is 85.1 cm³/mol. The Kier molecular flexibility index (Phi) is 3.72. The molecule has 1 N–H and O–H groups in total. The van der Waals surface area contributed by atoms with Crippen molar-refractivity contribution in [2.24, 2.45) is 0 Å². The van der Waals surface area contributed by atoms with Crippen molar-refractivity contribution in [2.45, 2.75) is 25.3 Å². The quantitative estimate of drug-likeness (QED) is 0.804. The van der Waals surface area contributed by atoms with Gasteiger partial charge in [-0.1, -0.05) is 18.2 Å². The molecule has 3 rings (SSSR count). The monoisotopic (exact) mass is 315 g/mol. The van der Waals surface area contributed by atoms with Gasteiger partial charge in [0.2, 0.25) is 10.0 Å². The summed E-state index contributed by atoms with van der Waals surface area (Å²) in [5.41, 5.74) is 3.39. The van der Waals surface area contributed by atoms with Gasteiger partial charge in [0.1, 0.15) is 0 Å². The number of aromatic nitrogens is 2. The summed E-state index contributed by atoms with van der Waals surface area (Å²) in [7, 11) is -3.55. The number of pyridine rings is 1. The minimum atomic E-state index is -3.55. The fourth-order valence-corrected chi connectivity index (χ4v) is 3.71. The predicted octanol–water partition coefficient (Wildman–Crippen LogP) is 2.43. The molecule has 2 aromatic heterocycles. The lowest BCUT2D eigenvalue weighted by molar-refractivity contribution is 0.581. The molecule has 114 valence electrons. The number of hydrogen-bond acceptors (Lipinski definition) is 3. The normalized spacial score (nSPS) is 11.9. The van der Waals surface area contributed by atoms with Crippen LogP contribution in [0.5, 0.6) is 0 Å². The lowest BCUT2D eigenvalue weighted by Crippen LogP contribution is -2.24. The summed E-state index contributed by atoms with van der Waals surface area (Å²) in [4.78, 5) is 0.323. The molecule has 0 aliphatic heterocycles. The van der Waals surface area contributed by atoms with E-state index in [2.05, 4.69) is 9.82 Å². The van der Waals surface area contributed by atoms with E-state index < -0.39 is 10.0 Å². The van der Waals surface area contributed by atoms with Crippen LogP contribution in [0.4, 0.5) is 0 Å². The first-order chi connectivity index (χ1) is 10.5. The third-order valence-corrected chi connectivity index (χ3v) is 5.14. The zero-order valence-electron chi connectivity index (χ0n) is 12.4. The van der Waals surface area contributed by atoms with Gasteiger partial charge in [-0.15, -0.1) is 0 Å². The van der Waals surface area contributed by atoms with Crippen LogP contribution in [0.3, 0.4) is 0 Å². The van der Waals surface area contributed by atoms with Crippen molar-refractivity contribution in [3.8, 4) is 0 Å². The molecule has 0 aliphatic carbocycles. The summed E-state index contributed by atoms with van der Waals surface area (Å²) in [6.45, 7) is 3.89. The van der Waals surface area contributed by atoms with Gasteiger partial charge in [0.15, 0.2) is 0 Å². The molecule has 0 fully saturated rings. The van der Waals surface area contributed by atoms with Crippen LogP contribution in [0.15, 0.2) is 53.7 Å². The highest BCUT2D eigenvalue weighted by Crippen LogP contribution is 2.17. The van der Waals surface area contributed by atoms with Gasteiger partial charge in [0.05, 0.1) is 16.6 Å². The van der Waals surface area contributed by atoms with Gasteiger partial charge in [-0.3, -0.25) is 0 Å². The molecule has 0 saturated carbocycles. The van der Waals surface area contributed by atoms with Gasteiger partial charge < -0.3 is 0 Å². The van der Waals surface area contributed by atoms with Crippen LogP contribution >= 0.6 is 0 Å². The van der Waals surface area contributed by atoms with Gasteiger partial charge in [0.25, 0.3) is 0 Å². The van der Waals surface area contributed by atoms with Crippen molar-refractivity contribution in [3.63, 3.8) is 0 Å². The Morgan fingerprint density at radius 1 is 1.18 bits per heavy atom. The van der Waals surface area contributed by atoms with Crippen LogP contribution in [0.25, 0.3) is 5.52 Å². The van der Waals surface area contributed by atoms with Crippen LogP contribution < -0.4 is 4.72 Å². The van der Waals surface area contributed by atoms with E-state index in [9.17, 15) is 8.42 Å². The molecule has 0 saturated heterocycles. The first-order valence-corrected chi connectivity index (χ1v) is 8.44. The van der Waals surface area contributed by atoms with E-state index >= 15 is 0 Å². The fraction of sp³-hybridized carbons (Fsp3) is 0.188. The van der Waals surface area contributed by atoms with E-state index in [-0.39, 0.29) is 6.54 Å². The van der Waals surface area contributed by atoms with E-state index in [1.54, 1.807) is 23.7 Å². The van der Waals surface area contributed by atoms with Crippen molar-refractivity contribution >= 4 is 15.5 Å². The second-order valence-corrected chi connectivity index (χ2v) is 7.03. The zero-order chi connectivity index (χ0) is 15.7. The highest BCUT2D eigenvalue weighted by atomic mass is 32.2. The third kappa shape index (κ3) is 2.75. The molecule has 0 amide bonds. The van der Waals surface area contributed by atoms with E-state index in [0.717, 1.165) is 22.2 Å². The summed E-state index contributed by atoms with van der Waals surface area (Å²) in [6.07, 6.45) is 3.51. The minimum Gasteiger partial charge on any atom is -0.241 e. The molecule has 0 atom stereocenters. The van der Waals surface area contributed by atoms with Crippen molar-refractivity contribution in [3.05, 3.63) is 65.5 Å². The van der Waals surface area contributed by atoms with Crippen LogP contribution in [0.2, 0.25) is 0 Å². The average molecular weight is 315 g/mol. The fourth-order valence-electron chi connectivity index (χ4n) is 2.37. The summed E-state index contributed by atoms with van der Waals surface area (Å²) < 4.78 is 29.4. The number of nitrogens with one attached hydrogen (secondary N) is 1. The molecule has 5 nitrogen and oxygen atoms in total. The number of fused-ring (bicyclic) bond motifs is 1. The molecule has 1 aromatic carbocycles. The van der Waals surface area contributed by atoms with E-state index in [1.165, 1.54) is 0 Å². The molecule has 6 heteroatoms. The van der Waals surface area contributed by atoms with Gasteiger partial charge in [-0.2, -0.15) is 5.10 Å². The molecule has 0 aliphatic rings. The first-order valence-electron chi connectivity index (χ1n) is 6.95. The minimum absolute atomic E-state index is 0.212. The second kappa shape index (κ2) is 5.55. The lowest BCUT2D eigenvalue weighted by Gasteiger charge is -2.09. The Balaban J connectivity index is 1.88. The summed E-state index contributed by atoms with van der Waals surface area (Å²) in [5, 5.41) is 4.21. The Hall–Kier alpha value is -2.18. The smallest absolute Gasteiger partial charge is 0.241 e. The number of nitrogens with zero attached hydrogens (tertiary/aromatic N) is 2. The molecule has 0 unspecified atom stereocenters. The molecular formula is C16H17N3O2S. The number of hydrogen-bond donors (Lipinski definition) is 1. The maximum Gasteiger partial charge on any atom is 0.241 e. The Labute approximate surface area is 129 Å². The van der Waals surface area contributed by atoms with Crippen molar-refractivity contribution in [1.29, 1.82) is 0 Å². The number of sulfonamides is 1. The first kappa shape index (κ1) is 14.7. The SMILES string of the molecule is Cc1ccc(C)c(S(=O)(=O)NCc2cnn3ccccc23)c1. The van der Waals surface area contributed by atoms with E-state index in [1.807, 2.05) is 43.5 Å². The molecule has 2 heterocycles. The Morgan fingerprint density at radius 2 is 2.00 bits per heavy atom. The van der Waals surface area contributed by atoms with Crippen LogP contribution in [0, 0.1) is 13.8 Å². The molecule has 3 aromatic rings. The molecular weight excluding hydrogens is 298 g/mol. The number of rotatable bonds is 4. The zero-order valence-corrected chi connectivity index (χ0v) is 13.3. The average Bonchev–Trinajstić information content (AvgIpc) is 2.91. The topological polar surface area (TPSA) is 63.5 Å². The largest absolute Gasteiger partial charge is 0.241 e. The van der Waals surface area contributed by atoms with Crippen molar-refractivity contribution < 1.29 is 8.42 Å². The second-order valence-electron chi connectivity index (χ2n) is 5.29. The van der Waals surface area contributed by atoms with Crippen molar-refractivity contribution in [2.75, 3.05) is 0 Å². The Bertz CT molecular complexity index is 929. The lowest BCUT2D eigenvalue weighted by atomic mass is 10.2. The Morgan fingerprint density at radius 3 is 2.82 bits per heavy atom. The van der Waals surface area contributed by atoms with Crippen LogP contribution in [0.1, 0.15) is 16.7 Å². The molecule has 0 radical (unpaired) electrons. The highest BCUT2D eigenvalue weighted by molar-refractivity contribution is 7.89. The summed E-state index contributed by atoms with van der Waals surface area (Å²) in [5.74, 6) is 0. The number of aryl methyl sites for hydroxylation is 2. The third-order valence-electron chi connectivity index (χ3n) is 3.59. The van der Waals surface area contributed by atoms with Gasteiger partial charge in [-0.25, -0.2) is 17.7 Å². The molecule has 0 bridgehead atoms. The van der Waals surface area contributed by atoms with E-state index in [4.69, 9.17) is 0 Å². The van der Waals surface area contributed by atoms with Crippen LogP contribution in [-0.2, 0) is 16.6 Å². The van der Waals surface area contributed by atoms with Gasteiger partial charge in [0, 0.05) is 18.3 Å². The highest BCUT2D eigenvalue weighted by Gasteiger charge is 2.17. The van der Waals surface area contributed by atoms with Crippen molar-refractivity contribution in [1.82, 2.24) is 14.3 Å². The standard InChI is InChI=1S/C16H17N3O2S/c1-12-6-7-13(2)16(9-12)22(20,21)18-11-14-10-17-19-8-4-3-5-15(14)19/h3-10,18H,11H2,1-2H3. The van der Waals surface area contributed by atoms with E-state index in [0.29, 0.717) is 4.90 Å². The van der Waals surface area contributed by atoms with Crippen LogP contribution in [-0.4, -0.2) is 18.0 Å². The maximum atomic E-state index is 12.5. The summed E-state index contributed by atoms with van der Waals surface area (Å²) >= 11 is 0. The molecule has 22 heavy (non-hydrogen) atoms. The van der Waals surface area contributed by atoms with Gasteiger partial charge in [-0.05, 0) is 43.2 Å². The number of benzene rings is 1. The molecule has 0 spiro atoms.